The van der Waals surface area contributed by atoms with Gasteiger partial charge in [0.2, 0.25) is 0 Å². The highest BCUT2D eigenvalue weighted by Gasteiger charge is 2.38. The van der Waals surface area contributed by atoms with Crippen LogP contribution in [0.3, 0.4) is 0 Å². The Bertz CT molecular complexity index is 283. The maximum atomic E-state index is 12.1. The first-order valence-corrected chi connectivity index (χ1v) is 6.58. The number of nitrogens with zero attached hydrogens (tertiary/aromatic N) is 1. The summed E-state index contributed by atoms with van der Waals surface area (Å²) in [5, 5.41) is 0. The maximum Gasteiger partial charge on any atom is 0.410 e. The van der Waals surface area contributed by atoms with Gasteiger partial charge in [0.05, 0.1) is 18.8 Å². The molecule has 17 heavy (non-hydrogen) atoms. The fourth-order valence-corrected chi connectivity index (χ4v) is 2.64. The zero-order valence-electron chi connectivity index (χ0n) is 11.1. The van der Waals surface area contributed by atoms with Gasteiger partial charge in [-0.15, -0.1) is 0 Å². The van der Waals surface area contributed by atoms with Crippen LogP contribution in [0.2, 0.25) is 0 Å². The highest BCUT2D eigenvalue weighted by Crippen LogP contribution is 2.29. The number of hydrogen-bond donors (Lipinski definition) is 0. The van der Waals surface area contributed by atoms with Gasteiger partial charge < -0.3 is 14.4 Å². The Balaban J connectivity index is 2.01. The van der Waals surface area contributed by atoms with Gasteiger partial charge in [-0.25, -0.2) is 4.79 Å². The molecule has 0 N–H and O–H groups in total. The van der Waals surface area contributed by atoms with Crippen LogP contribution >= 0.6 is 0 Å². The zero-order chi connectivity index (χ0) is 12.5. The third-order valence-electron chi connectivity index (χ3n) is 3.36. The number of fused-ring (bicyclic) bond motifs is 1. The van der Waals surface area contributed by atoms with Crippen LogP contribution in [0.5, 0.6) is 0 Å². The molecule has 2 fully saturated rings. The first-order valence-electron chi connectivity index (χ1n) is 6.58. The van der Waals surface area contributed by atoms with Crippen LogP contribution in [0, 0.1) is 0 Å². The third-order valence-corrected chi connectivity index (χ3v) is 3.36. The summed E-state index contributed by atoms with van der Waals surface area (Å²) in [6, 6.07) is 0.229. The van der Waals surface area contributed by atoms with Crippen molar-refractivity contribution < 1.29 is 14.3 Å². The molecule has 4 nitrogen and oxygen atoms in total. The predicted octanol–water partition coefficient (Wildman–Crippen LogP) is 2.56. The van der Waals surface area contributed by atoms with E-state index in [0.29, 0.717) is 13.2 Å². The fraction of sp³-hybridized carbons (Fsp3) is 0.923. The molecule has 2 aliphatic rings. The summed E-state index contributed by atoms with van der Waals surface area (Å²) in [6.07, 6.45) is 4.56. The quantitative estimate of drug-likeness (QED) is 0.654. The fourth-order valence-electron chi connectivity index (χ4n) is 2.64. The number of carbonyl (C=O) groups is 1. The summed E-state index contributed by atoms with van der Waals surface area (Å²) in [4.78, 5) is 14.0. The molecule has 0 radical (unpaired) electrons. The number of hydrogen-bond acceptors (Lipinski definition) is 3. The van der Waals surface area contributed by atoms with Crippen molar-refractivity contribution in [2.24, 2.45) is 0 Å². The topological polar surface area (TPSA) is 38.8 Å². The van der Waals surface area contributed by atoms with E-state index < -0.39 is 5.60 Å². The summed E-state index contributed by atoms with van der Waals surface area (Å²) in [5.74, 6) is 0. The number of rotatable bonds is 0. The molecule has 1 aliphatic heterocycles. The van der Waals surface area contributed by atoms with Crippen molar-refractivity contribution in [3.05, 3.63) is 0 Å². The predicted molar refractivity (Wildman–Crippen MR) is 64.9 cm³/mol. The minimum absolute atomic E-state index is 0.183. The number of ether oxygens (including phenoxy) is 2. The summed E-state index contributed by atoms with van der Waals surface area (Å²) in [6.45, 7) is 7.02. The lowest BCUT2D eigenvalue weighted by molar-refractivity contribution is -0.0897. The normalized spacial score (nSPS) is 29.7. The summed E-state index contributed by atoms with van der Waals surface area (Å²) >= 11 is 0. The Morgan fingerprint density at radius 3 is 2.71 bits per heavy atom. The van der Waals surface area contributed by atoms with Crippen molar-refractivity contribution in [3.8, 4) is 0 Å². The largest absolute Gasteiger partial charge is 0.444 e. The van der Waals surface area contributed by atoms with Crippen molar-refractivity contribution in [1.82, 2.24) is 4.90 Å². The Morgan fingerprint density at radius 1 is 1.29 bits per heavy atom. The second kappa shape index (κ2) is 4.84. The zero-order valence-corrected chi connectivity index (χ0v) is 11.1. The van der Waals surface area contributed by atoms with Crippen LogP contribution in [0.1, 0.15) is 46.5 Å². The molecule has 2 unspecified atom stereocenters. The molecular formula is C13H23NO3. The van der Waals surface area contributed by atoms with E-state index in [4.69, 9.17) is 9.47 Å². The van der Waals surface area contributed by atoms with Crippen LogP contribution in [-0.2, 0) is 9.47 Å². The van der Waals surface area contributed by atoms with Gasteiger partial charge in [0.25, 0.3) is 0 Å². The van der Waals surface area contributed by atoms with E-state index in [1.165, 1.54) is 12.8 Å². The van der Waals surface area contributed by atoms with Crippen molar-refractivity contribution in [2.75, 3.05) is 13.2 Å². The molecule has 1 heterocycles. The van der Waals surface area contributed by atoms with Crippen LogP contribution in [0.25, 0.3) is 0 Å². The van der Waals surface area contributed by atoms with Crippen LogP contribution in [0.15, 0.2) is 0 Å². The van der Waals surface area contributed by atoms with E-state index in [2.05, 4.69) is 0 Å². The Kier molecular flexibility index (Phi) is 3.61. The molecule has 1 saturated heterocycles. The van der Waals surface area contributed by atoms with Crippen LogP contribution in [0.4, 0.5) is 4.79 Å². The molecule has 0 aromatic carbocycles. The molecule has 2 rings (SSSR count). The van der Waals surface area contributed by atoms with E-state index in [1.54, 1.807) is 0 Å². The lowest BCUT2D eigenvalue weighted by atomic mass is 9.90. The molecule has 0 bridgehead atoms. The highest BCUT2D eigenvalue weighted by atomic mass is 16.6. The second-order valence-corrected chi connectivity index (χ2v) is 5.93. The van der Waals surface area contributed by atoms with Gasteiger partial charge in [0.15, 0.2) is 0 Å². The molecule has 4 heteroatoms. The summed E-state index contributed by atoms with van der Waals surface area (Å²) < 4.78 is 11.2. The molecule has 0 aromatic heterocycles. The van der Waals surface area contributed by atoms with Gasteiger partial charge in [-0.2, -0.15) is 0 Å². The highest BCUT2D eigenvalue weighted by molar-refractivity contribution is 5.68. The van der Waals surface area contributed by atoms with Crippen molar-refractivity contribution in [1.29, 1.82) is 0 Å². The molecule has 1 amide bonds. The monoisotopic (exact) mass is 241 g/mol. The molecular weight excluding hydrogens is 218 g/mol. The van der Waals surface area contributed by atoms with Gasteiger partial charge in [0.1, 0.15) is 5.60 Å². The van der Waals surface area contributed by atoms with E-state index in [9.17, 15) is 4.79 Å². The Labute approximate surface area is 103 Å². The number of amides is 1. The molecule has 1 aliphatic carbocycles. The Hall–Kier alpha value is -0.770. The SMILES string of the molecule is CC(C)(C)OC(=O)N1CCOC2CCCCC21. The summed E-state index contributed by atoms with van der Waals surface area (Å²) in [7, 11) is 0. The second-order valence-electron chi connectivity index (χ2n) is 5.93. The standard InChI is InChI=1S/C13H23NO3/c1-13(2,3)17-12(15)14-8-9-16-11-7-5-4-6-10(11)14/h10-11H,4-9H2,1-3H3. The van der Waals surface area contributed by atoms with E-state index in [-0.39, 0.29) is 18.2 Å². The van der Waals surface area contributed by atoms with Gasteiger partial charge >= 0.3 is 6.09 Å². The van der Waals surface area contributed by atoms with Gasteiger partial charge in [-0.3, -0.25) is 0 Å². The Morgan fingerprint density at radius 2 is 2.00 bits per heavy atom. The van der Waals surface area contributed by atoms with Gasteiger partial charge in [-0.05, 0) is 33.6 Å². The first-order chi connectivity index (χ1) is 7.97. The lowest BCUT2D eigenvalue weighted by Crippen LogP contribution is -2.55. The first kappa shape index (κ1) is 12.7. The molecule has 98 valence electrons. The minimum Gasteiger partial charge on any atom is -0.444 e. The minimum atomic E-state index is -0.417. The summed E-state index contributed by atoms with van der Waals surface area (Å²) in [5.41, 5.74) is -0.417. The average Bonchev–Trinajstić information content (AvgIpc) is 2.26. The smallest absolute Gasteiger partial charge is 0.410 e. The molecule has 1 saturated carbocycles. The van der Waals surface area contributed by atoms with E-state index in [1.807, 2.05) is 25.7 Å². The van der Waals surface area contributed by atoms with Gasteiger partial charge in [0, 0.05) is 6.54 Å². The lowest BCUT2D eigenvalue weighted by Gasteiger charge is -2.43. The molecule has 0 spiro atoms. The van der Waals surface area contributed by atoms with Crippen molar-refractivity contribution in [2.45, 2.75) is 64.2 Å². The number of carbonyl (C=O) groups excluding carboxylic acids is 1. The van der Waals surface area contributed by atoms with Crippen LogP contribution in [-0.4, -0.2) is 41.9 Å². The average molecular weight is 241 g/mol. The van der Waals surface area contributed by atoms with Crippen molar-refractivity contribution in [3.63, 3.8) is 0 Å². The molecule has 0 aromatic rings. The number of morpholine rings is 1. The van der Waals surface area contributed by atoms with E-state index >= 15 is 0 Å². The van der Waals surface area contributed by atoms with Crippen LogP contribution < -0.4 is 0 Å². The van der Waals surface area contributed by atoms with E-state index in [0.717, 1.165) is 12.8 Å². The van der Waals surface area contributed by atoms with Crippen molar-refractivity contribution >= 4 is 6.09 Å². The van der Waals surface area contributed by atoms with Gasteiger partial charge in [-0.1, -0.05) is 12.8 Å². The third kappa shape index (κ3) is 3.12. The maximum absolute atomic E-state index is 12.1. The molecule has 2 atom stereocenters.